The maximum atomic E-state index is 12.5. The minimum Gasteiger partial charge on any atom is -0.467 e. The van der Waals surface area contributed by atoms with Crippen LogP contribution in [0, 0.1) is 6.92 Å². The lowest BCUT2D eigenvalue weighted by molar-refractivity contribution is -0.121. The monoisotopic (exact) mass is 345 g/mol. The van der Waals surface area contributed by atoms with Crippen molar-refractivity contribution in [3.05, 3.63) is 78.3 Å². The molecular formula is C21H19N3O2. The molecule has 0 saturated carbocycles. The van der Waals surface area contributed by atoms with Crippen molar-refractivity contribution in [2.75, 3.05) is 0 Å². The average molecular weight is 345 g/mol. The van der Waals surface area contributed by atoms with Crippen LogP contribution >= 0.6 is 0 Å². The summed E-state index contributed by atoms with van der Waals surface area (Å²) in [5.41, 5.74) is 3.98. The molecule has 130 valence electrons. The summed E-state index contributed by atoms with van der Waals surface area (Å²) < 4.78 is 7.23. The van der Waals surface area contributed by atoms with E-state index in [0.29, 0.717) is 6.54 Å². The van der Waals surface area contributed by atoms with Gasteiger partial charge in [0.15, 0.2) is 0 Å². The van der Waals surface area contributed by atoms with E-state index in [0.717, 1.165) is 33.7 Å². The van der Waals surface area contributed by atoms with Gasteiger partial charge in [0.05, 0.1) is 23.8 Å². The molecule has 26 heavy (non-hydrogen) atoms. The highest BCUT2D eigenvalue weighted by Gasteiger charge is 2.16. The third-order valence-electron chi connectivity index (χ3n) is 4.38. The average Bonchev–Trinajstić information content (AvgIpc) is 3.29. The molecule has 2 aromatic carbocycles. The van der Waals surface area contributed by atoms with Crippen molar-refractivity contribution in [3.63, 3.8) is 0 Å². The number of imidazole rings is 1. The molecule has 0 unspecified atom stereocenters. The molecule has 5 heteroatoms. The first-order valence-corrected chi connectivity index (χ1v) is 8.53. The Bertz CT molecular complexity index is 1050. The number of rotatable bonds is 5. The molecule has 0 radical (unpaired) electrons. The molecule has 0 aliphatic carbocycles. The van der Waals surface area contributed by atoms with Gasteiger partial charge in [-0.3, -0.25) is 4.79 Å². The lowest BCUT2D eigenvalue weighted by atomic mass is 10.1. The number of nitrogens with zero attached hydrogens (tertiary/aromatic N) is 2. The zero-order chi connectivity index (χ0) is 17.9. The Morgan fingerprint density at radius 3 is 2.69 bits per heavy atom. The summed E-state index contributed by atoms with van der Waals surface area (Å²) >= 11 is 0. The fraction of sp³-hybridized carbons (Fsp3) is 0.143. The number of carbonyl (C=O) groups is 1. The second-order valence-corrected chi connectivity index (χ2v) is 6.18. The second kappa shape index (κ2) is 6.88. The Morgan fingerprint density at radius 2 is 1.88 bits per heavy atom. The topological polar surface area (TPSA) is 60.1 Å². The molecule has 2 aromatic heterocycles. The Labute approximate surface area is 151 Å². The molecule has 4 rings (SSSR count). The molecule has 0 spiro atoms. The quantitative estimate of drug-likeness (QED) is 0.596. The summed E-state index contributed by atoms with van der Waals surface area (Å²) in [6.07, 6.45) is 1.60. The minimum absolute atomic E-state index is 0.0839. The maximum absolute atomic E-state index is 12.5. The van der Waals surface area contributed by atoms with E-state index in [9.17, 15) is 4.79 Å². The SMILES string of the molecule is Cc1ccccc1-c1nc2ccccc2n1CC(=O)NCc1ccco1. The van der Waals surface area contributed by atoms with Gasteiger partial charge in [0.2, 0.25) is 5.91 Å². The molecule has 1 amide bonds. The first kappa shape index (κ1) is 16.1. The summed E-state index contributed by atoms with van der Waals surface area (Å²) in [5, 5.41) is 2.90. The van der Waals surface area contributed by atoms with Crippen LogP contribution in [0.2, 0.25) is 0 Å². The van der Waals surface area contributed by atoms with Crippen molar-refractivity contribution in [1.82, 2.24) is 14.9 Å². The van der Waals surface area contributed by atoms with Crippen molar-refractivity contribution in [1.29, 1.82) is 0 Å². The van der Waals surface area contributed by atoms with Gasteiger partial charge >= 0.3 is 0 Å². The summed E-state index contributed by atoms with van der Waals surface area (Å²) in [6.45, 7) is 2.62. The number of aromatic nitrogens is 2. The van der Waals surface area contributed by atoms with E-state index in [4.69, 9.17) is 9.40 Å². The smallest absolute Gasteiger partial charge is 0.240 e. The van der Waals surface area contributed by atoms with Gasteiger partial charge in [-0.2, -0.15) is 0 Å². The number of hydrogen-bond donors (Lipinski definition) is 1. The Hall–Kier alpha value is -3.34. The first-order valence-electron chi connectivity index (χ1n) is 8.53. The normalized spacial score (nSPS) is 11.0. The van der Waals surface area contributed by atoms with Crippen LogP contribution in [-0.2, 0) is 17.9 Å². The minimum atomic E-state index is -0.0839. The van der Waals surface area contributed by atoms with E-state index in [-0.39, 0.29) is 12.5 Å². The summed E-state index contributed by atoms with van der Waals surface area (Å²) in [4.78, 5) is 17.3. The summed E-state index contributed by atoms with van der Waals surface area (Å²) in [6, 6.07) is 19.6. The van der Waals surface area contributed by atoms with Crippen molar-refractivity contribution in [3.8, 4) is 11.4 Å². The molecule has 0 atom stereocenters. The third kappa shape index (κ3) is 3.11. The van der Waals surface area contributed by atoms with Gasteiger partial charge in [0.25, 0.3) is 0 Å². The van der Waals surface area contributed by atoms with E-state index in [1.54, 1.807) is 12.3 Å². The number of hydrogen-bond acceptors (Lipinski definition) is 3. The third-order valence-corrected chi connectivity index (χ3v) is 4.38. The van der Waals surface area contributed by atoms with Gasteiger partial charge in [0, 0.05) is 5.56 Å². The summed E-state index contributed by atoms with van der Waals surface area (Å²) in [5.74, 6) is 1.45. The second-order valence-electron chi connectivity index (χ2n) is 6.18. The number of benzene rings is 2. The van der Waals surface area contributed by atoms with Gasteiger partial charge in [-0.25, -0.2) is 4.98 Å². The van der Waals surface area contributed by atoms with Crippen LogP contribution in [0.25, 0.3) is 22.4 Å². The van der Waals surface area contributed by atoms with E-state index in [1.807, 2.05) is 53.1 Å². The largest absolute Gasteiger partial charge is 0.467 e. The Balaban J connectivity index is 1.68. The van der Waals surface area contributed by atoms with Crippen LogP contribution in [0.4, 0.5) is 0 Å². The lowest BCUT2D eigenvalue weighted by Crippen LogP contribution is -2.27. The molecule has 2 heterocycles. The van der Waals surface area contributed by atoms with Gasteiger partial charge < -0.3 is 14.3 Å². The molecule has 1 N–H and O–H groups in total. The number of nitrogens with one attached hydrogen (secondary N) is 1. The van der Waals surface area contributed by atoms with Crippen molar-refractivity contribution in [2.45, 2.75) is 20.0 Å². The van der Waals surface area contributed by atoms with E-state index < -0.39 is 0 Å². The number of aryl methyl sites for hydroxylation is 1. The standard InChI is InChI=1S/C21H19N3O2/c1-15-7-2-3-9-17(15)21-23-18-10-4-5-11-19(18)24(21)14-20(25)22-13-16-8-6-12-26-16/h2-12H,13-14H2,1H3,(H,22,25). The maximum Gasteiger partial charge on any atom is 0.240 e. The predicted molar refractivity (Wildman–Crippen MR) is 100 cm³/mol. The van der Waals surface area contributed by atoms with Gasteiger partial charge in [-0.1, -0.05) is 36.4 Å². The highest BCUT2D eigenvalue weighted by Crippen LogP contribution is 2.27. The number of amides is 1. The van der Waals surface area contributed by atoms with Crippen LogP contribution in [0.1, 0.15) is 11.3 Å². The molecule has 0 bridgehead atoms. The highest BCUT2D eigenvalue weighted by atomic mass is 16.3. The highest BCUT2D eigenvalue weighted by molar-refractivity contribution is 5.84. The van der Waals surface area contributed by atoms with Gasteiger partial charge in [0.1, 0.15) is 18.1 Å². The first-order chi connectivity index (χ1) is 12.7. The van der Waals surface area contributed by atoms with Crippen LogP contribution < -0.4 is 5.32 Å². The number of carbonyl (C=O) groups excluding carboxylic acids is 1. The van der Waals surface area contributed by atoms with Crippen LogP contribution in [0.15, 0.2) is 71.3 Å². The molecule has 0 aliphatic heterocycles. The Morgan fingerprint density at radius 1 is 1.08 bits per heavy atom. The zero-order valence-corrected chi connectivity index (χ0v) is 14.5. The summed E-state index contributed by atoms with van der Waals surface area (Å²) in [7, 11) is 0. The van der Waals surface area contributed by atoms with Crippen molar-refractivity contribution < 1.29 is 9.21 Å². The number of furan rings is 1. The van der Waals surface area contributed by atoms with E-state index in [1.165, 1.54) is 0 Å². The Kier molecular flexibility index (Phi) is 4.27. The molecule has 5 nitrogen and oxygen atoms in total. The van der Waals surface area contributed by atoms with Crippen LogP contribution in [0.3, 0.4) is 0 Å². The van der Waals surface area contributed by atoms with Crippen molar-refractivity contribution in [2.24, 2.45) is 0 Å². The fourth-order valence-electron chi connectivity index (χ4n) is 3.06. The van der Waals surface area contributed by atoms with Gasteiger partial charge in [-0.15, -0.1) is 0 Å². The zero-order valence-electron chi connectivity index (χ0n) is 14.5. The van der Waals surface area contributed by atoms with Crippen LogP contribution in [-0.4, -0.2) is 15.5 Å². The molecule has 0 saturated heterocycles. The molecule has 4 aromatic rings. The van der Waals surface area contributed by atoms with Crippen molar-refractivity contribution >= 4 is 16.9 Å². The van der Waals surface area contributed by atoms with Crippen LogP contribution in [0.5, 0.6) is 0 Å². The molecule has 0 fully saturated rings. The lowest BCUT2D eigenvalue weighted by Gasteiger charge is -2.11. The van der Waals surface area contributed by atoms with Gasteiger partial charge in [-0.05, 0) is 36.8 Å². The van der Waals surface area contributed by atoms with E-state index in [2.05, 4.69) is 18.3 Å². The molecule has 0 aliphatic rings. The number of para-hydroxylation sites is 2. The fourth-order valence-corrected chi connectivity index (χ4v) is 3.06. The van der Waals surface area contributed by atoms with E-state index >= 15 is 0 Å². The molecular weight excluding hydrogens is 326 g/mol. The number of fused-ring (bicyclic) bond motifs is 1. The predicted octanol–water partition coefficient (Wildman–Crippen LogP) is 3.92.